The summed E-state index contributed by atoms with van der Waals surface area (Å²) in [5.74, 6) is -2.55. The summed E-state index contributed by atoms with van der Waals surface area (Å²) in [5.41, 5.74) is 1.67. The van der Waals surface area contributed by atoms with Gasteiger partial charge in [-0.15, -0.1) is 0 Å². The Bertz CT molecular complexity index is 655. The molecule has 7 heteroatoms. The molecule has 0 spiro atoms. The summed E-state index contributed by atoms with van der Waals surface area (Å²) in [6.07, 6.45) is 0. The van der Waals surface area contributed by atoms with Crippen LogP contribution in [0.5, 0.6) is 0 Å². The topological polar surface area (TPSA) is 25.8 Å². The second-order valence-electron chi connectivity index (χ2n) is 4.01. The fraction of sp³-hybridized carbons (Fsp3) is 0.167. The van der Waals surface area contributed by atoms with Crippen molar-refractivity contribution in [2.24, 2.45) is 0 Å². The van der Waals surface area contributed by atoms with Gasteiger partial charge >= 0.3 is 0 Å². The number of thioether (sulfide) groups is 1. The molecule has 2 aromatic rings. The van der Waals surface area contributed by atoms with E-state index in [4.69, 9.17) is 11.6 Å². The van der Waals surface area contributed by atoms with Crippen LogP contribution >= 0.6 is 23.4 Å². The third kappa shape index (κ3) is 2.19. The highest BCUT2D eigenvalue weighted by molar-refractivity contribution is 7.98. The Kier molecular flexibility index (Phi) is 3.14. The van der Waals surface area contributed by atoms with Crippen LogP contribution in [0, 0.1) is 17.5 Å². The third-order valence-electron chi connectivity index (χ3n) is 2.77. The number of rotatable bonds is 1. The van der Waals surface area contributed by atoms with Crippen molar-refractivity contribution in [3.8, 4) is 11.4 Å². The van der Waals surface area contributed by atoms with Crippen LogP contribution in [0.3, 0.4) is 0 Å². The van der Waals surface area contributed by atoms with Crippen molar-refractivity contribution in [2.45, 2.75) is 11.5 Å². The SMILES string of the molecule is Fc1cc(-c2nc(Cl)c3c(n2)CSC3)cc(F)c1F. The Hall–Kier alpha value is -1.27. The lowest BCUT2D eigenvalue weighted by Crippen LogP contribution is -1.99. The molecule has 1 aliphatic heterocycles. The fourth-order valence-corrected chi connectivity index (χ4v) is 3.20. The lowest BCUT2D eigenvalue weighted by atomic mass is 10.1. The van der Waals surface area contributed by atoms with Gasteiger partial charge in [-0.25, -0.2) is 23.1 Å². The maximum Gasteiger partial charge on any atom is 0.194 e. The Labute approximate surface area is 116 Å². The predicted octanol–water partition coefficient (Wildman–Crippen LogP) is 3.96. The maximum absolute atomic E-state index is 13.2. The quantitative estimate of drug-likeness (QED) is 0.589. The minimum atomic E-state index is -1.51. The molecule has 1 aromatic carbocycles. The van der Waals surface area contributed by atoms with Crippen molar-refractivity contribution in [1.29, 1.82) is 0 Å². The van der Waals surface area contributed by atoms with E-state index in [9.17, 15) is 13.2 Å². The molecule has 0 N–H and O–H groups in total. The minimum absolute atomic E-state index is 0.0676. The normalized spacial score (nSPS) is 13.7. The molecule has 19 heavy (non-hydrogen) atoms. The molecule has 0 bridgehead atoms. The van der Waals surface area contributed by atoms with Gasteiger partial charge in [0.25, 0.3) is 0 Å². The van der Waals surface area contributed by atoms with E-state index in [0.717, 1.165) is 29.1 Å². The molecule has 0 saturated heterocycles. The molecule has 0 saturated carbocycles. The first-order chi connectivity index (χ1) is 9.06. The van der Waals surface area contributed by atoms with Crippen molar-refractivity contribution >= 4 is 23.4 Å². The molecule has 0 amide bonds. The Morgan fingerprint density at radius 2 is 1.74 bits per heavy atom. The summed E-state index contributed by atoms with van der Waals surface area (Å²) in [6, 6.07) is 1.72. The Balaban J connectivity index is 2.15. The van der Waals surface area contributed by atoms with Crippen LogP contribution < -0.4 is 0 Å². The molecular formula is C12H6ClF3N2S. The van der Waals surface area contributed by atoms with Crippen molar-refractivity contribution in [3.63, 3.8) is 0 Å². The molecule has 0 fully saturated rings. The van der Waals surface area contributed by atoms with Crippen molar-refractivity contribution < 1.29 is 13.2 Å². The first kappa shape index (κ1) is 12.7. The van der Waals surface area contributed by atoms with Gasteiger partial charge in [0, 0.05) is 22.6 Å². The highest BCUT2D eigenvalue weighted by Gasteiger charge is 2.20. The standard InChI is InChI=1S/C12H6ClF3N2S/c13-11-6-3-19-4-9(6)17-12(18-11)5-1-7(14)10(16)8(15)2-5/h1-2H,3-4H2. The molecular weight excluding hydrogens is 297 g/mol. The van der Waals surface area contributed by atoms with Crippen LogP contribution in [0.1, 0.15) is 11.3 Å². The van der Waals surface area contributed by atoms with E-state index < -0.39 is 17.5 Å². The lowest BCUT2D eigenvalue weighted by molar-refractivity contribution is 0.447. The summed E-state index contributed by atoms with van der Waals surface area (Å²) in [6.45, 7) is 0. The Morgan fingerprint density at radius 1 is 1.05 bits per heavy atom. The number of halogens is 4. The van der Waals surface area contributed by atoms with Gasteiger partial charge < -0.3 is 0 Å². The van der Waals surface area contributed by atoms with Crippen LogP contribution in [-0.2, 0) is 11.5 Å². The smallest absolute Gasteiger partial charge is 0.194 e. The number of hydrogen-bond donors (Lipinski definition) is 0. The van der Waals surface area contributed by atoms with Gasteiger partial charge in [0.1, 0.15) is 5.15 Å². The van der Waals surface area contributed by atoms with Gasteiger partial charge in [-0.2, -0.15) is 11.8 Å². The van der Waals surface area contributed by atoms with E-state index in [0.29, 0.717) is 5.75 Å². The van der Waals surface area contributed by atoms with Crippen molar-refractivity contribution in [3.05, 3.63) is 46.0 Å². The lowest BCUT2D eigenvalue weighted by Gasteiger charge is -2.06. The molecule has 0 atom stereocenters. The van der Waals surface area contributed by atoms with Crippen LogP contribution in [-0.4, -0.2) is 9.97 Å². The van der Waals surface area contributed by atoms with E-state index in [1.807, 2.05) is 0 Å². The maximum atomic E-state index is 13.2. The van der Waals surface area contributed by atoms with E-state index in [-0.39, 0.29) is 16.5 Å². The zero-order chi connectivity index (χ0) is 13.6. The second kappa shape index (κ2) is 4.68. The zero-order valence-electron chi connectivity index (χ0n) is 9.38. The highest BCUT2D eigenvalue weighted by Crippen LogP contribution is 2.34. The zero-order valence-corrected chi connectivity index (χ0v) is 11.0. The van der Waals surface area contributed by atoms with Gasteiger partial charge in [-0.3, -0.25) is 0 Å². The average Bonchev–Trinajstić information content (AvgIpc) is 2.84. The van der Waals surface area contributed by atoms with E-state index >= 15 is 0 Å². The first-order valence-corrected chi connectivity index (χ1v) is 6.87. The summed E-state index contributed by atoms with van der Waals surface area (Å²) in [4.78, 5) is 8.24. The van der Waals surface area contributed by atoms with E-state index in [1.54, 1.807) is 11.8 Å². The largest absolute Gasteiger partial charge is 0.232 e. The van der Waals surface area contributed by atoms with Crippen molar-refractivity contribution in [1.82, 2.24) is 9.97 Å². The van der Waals surface area contributed by atoms with Crippen molar-refractivity contribution in [2.75, 3.05) is 0 Å². The number of nitrogens with zero attached hydrogens (tertiary/aromatic N) is 2. The van der Waals surface area contributed by atoms with Crippen LogP contribution in [0.4, 0.5) is 13.2 Å². The second-order valence-corrected chi connectivity index (χ2v) is 5.35. The number of aromatic nitrogens is 2. The van der Waals surface area contributed by atoms with Gasteiger partial charge in [-0.05, 0) is 12.1 Å². The summed E-state index contributed by atoms with van der Waals surface area (Å²) >= 11 is 7.64. The number of benzene rings is 1. The Morgan fingerprint density at radius 3 is 2.42 bits per heavy atom. The van der Waals surface area contributed by atoms with Crippen LogP contribution in [0.25, 0.3) is 11.4 Å². The molecule has 1 aliphatic rings. The van der Waals surface area contributed by atoms with Gasteiger partial charge in [0.05, 0.1) is 5.69 Å². The summed E-state index contributed by atoms with van der Waals surface area (Å²) in [5, 5.41) is 0.273. The molecule has 0 radical (unpaired) electrons. The average molecular weight is 303 g/mol. The monoisotopic (exact) mass is 302 g/mol. The minimum Gasteiger partial charge on any atom is -0.232 e. The molecule has 2 nitrogen and oxygen atoms in total. The van der Waals surface area contributed by atoms with Gasteiger partial charge in [-0.1, -0.05) is 11.6 Å². The van der Waals surface area contributed by atoms with Gasteiger partial charge in [0.2, 0.25) is 0 Å². The molecule has 3 rings (SSSR count). The van der Waals surface area contributed by atoms with Crippen LogP contribution in [0.2, 0.25) is 5.15 Å². The number of fused-ring (bicyclic) bond motifs is 1. The van der Waals surface area contributed by atoms with Gasteiger partial charge in [0.15, 0.2) is 23.3 Å². The van der Waals surface area contributed by atoms with E-state index in [2.05, 4.69) is 9.97 Å². The first-order valence-electron chi connectivity index (χ1n) is 5.34. The molecule has 0 unspecified atom stereocenters. The predicted molar refractivity (Wildman–Crippen MR) is 67.4 cm³/mol. The molecule has 98 valence electrons. The van der Waals surface area contributed by atoms with Crippen LogP contribution in [0.15, 0.2) is 12.1 Å². The van der Waals surface area contributed by atoms with E-state index in [1.165, 1.54) is 0 Å². The number of hydrogen-bond acceptors (Lipinski definition) is 3. The third-order valence-corrected chi connectivity index (χ3v) is 4.05. The molecule has 0 aliphatic carbocycles. The molecule has 2 heterocycles. The summed E-state index contributed by atoms with van der Waals surface area (Å²) < 4.78 is 39.3. The molecule has 1 aromatic heterocycles. The summed E-state index contributed by atoms with van der Waals surface area (Å²) in [7, 11) is 0. The highest BCUT2D eigenvalue weighted by atomic mass is 35.5. The fourth-order valence-electron chi connectivity index (χ4n) is 1.83.